The summed E-state index contributed by atoms with van der Waals surface area (Å²) in [5.74, 6) is -1.07. The van der Waals surface area contributed by atoms with E-state index in [4.69, 9.17) is 4.74 Å². The topological polar surface area (TPSA) is 96.0 Å². The molecule has 1 unspecified atom stereocenters. The number of morpholine rings is 1. The van der Waals surface area contributed by atoms with Gasteiger partial charge >= 0.3 is 0 Å². The molecule has 0 aliphatic carbocycles. The highest BCUT2D eigenvalue weighted by molar-refractivity contribution is 9.10. The molecule has 0 bridgehead atoms. The van der Waals surface area contributed by atoms with Crippen LogP contribution in [0.2, 0.25) is 0 Å². The van der Waals surface area contributed by atoms with E-state index >= 15 is 0 Å². The molecule has 0 spiro atoms. The molecule has 1 aromatic rings. The van der Waals surface area contributed by atoms with Crippen LogP contribution >= 0.6 is 15.9 Å². The van der Waals surface area contributed by atoms with Gasteiger partial charge < -0.3 is 15.0 Å². The number of para-hydroxylation sites is 1. The molecule has 0 radical (unpaired) electrons. The highest BCUT2D eigenvalue weighted by atomic mass is 79.9. The molecule has 27 heavy (non-hydrogen) atoms. The number of hydrogen-bond donors (Lipinski definition) is 1. The molecule has 2 amide bonds. The van der Waals surface area contributed by atoms with Gasteiger partial charge in [0.15, 0.2) is 0 Å². The number of carbonyl (C=O) groups excluding carboxylic acids is 2. The summed E-state index contributed by atoms with van der Waals surface area (Å²) in [7, 11) is -3.42. The molecule has 1 aromatic carbocycles. The van der Waals surface area contributed by atoms with Gasteiger partial charge in [-0.15, -0.1) is 0 Å². The van der Waals surface area contributed by atoms with Gasteiger partial charge in [-0.2, -0.15) is 4.31 Å². The largest absolute Gasteiger partial charge is 0.379 e. The Kier molecular flexibility index (Phi) is 6.51. The molecule has 8 nitrogen and oxygen atoms in total. The van der Waals surface area contributed by atoms with E-state index in [1.54, 1.807) is 4.90 Å². The highest BCUT2D eigenvalue weighted by Gasteiger charge is 2.36. The Morgan fingerprint density at radius 3 is 2.67 bits per heavy atom. The van der Waals surface area contributed by atoms with Crippen LogP contribution in [0.4, 0.5) is 5.69 Å². The fourth-order valence-corrected chi connectivity index (χ4v) is 5.01. The number of nitrogens with one attached hydrogen (secondary N) is 1. The molecule has 10 heteroatoms. The Morgan fingerprint density at radius 1 is 1.26 bits per heavy atom. The third kappa shape index (κ3) is 4.87. The lowest BCUT2D eigenvalue weighted by molar-refractivity contribution is -0.126. The van der Waals surface area contributed by atoms with E-state index < -0.39 is 15.9 Å². The number of sulfonamides is 1. The maximum atomic E-state index is 12.4. The first-order valence-electron chi connectivity index (χ1n) is 8.76. The zero-order valence-electron chi connectivity index (χ0n) is 14.8. The first kappa shape index (κ1) is 20.2. The summed E-state index contributed by atoms with van der Waals surface area (Å²) in [6.45, 7) is 1.77. The average molecular weight is 460 g/mol. The van der Waals surface area contributed by atoms with E-state index in [1.807, 2.05) is 24.3 Å². The lowest BCUT2D eigenvalue weighted by Gasteiger charge is -2.26. The van der Waals surface area contributed by atoms with E-state index in [0.29, 0.717) is 26.3 Å². The van der Waals surface area contributed by atoms with Gasteiger partial charge in [0.05, 0.1) is 30.6 Å². The first-order valence-corrected chi connectivity index (χ1v) is 11.2. The van der Waals surface area contributed by atoms with Crippen LogP contribution < -0.4 is 10.2 Å². The van der Waals surface area contributed by atoms with Crippen molar-refractivity contribution < 1.29 is 22.7 Å². The Bertz CT molecular complexity index is 811. The summed E-state index contributed by atoms with van der Waals surface area (Å²) in [5, 5.41) is 2.66. The predicted octanol–water partition coefficient (Wildman–Crippen LogP) is 0.580. The number of benzene rings is 1. The minimum Gasteiger partial charge on any atom is -0.379 e. The lowest BCUT2D eigenvalue weighted by atomic mass is 10.1. The fourth-order valence-electron chi connectivity index (χ4n) is 3.19. The summed E-state index contributed by atoms with van der Waals surface area (Å²) >= 11 is 3.42. The van der Waals surface area contributed by atoms with Crippen molar-refractivity contribution in [2.75, 3.05) is 50.0 Å². The van der Waals surface area contributed by atoms with Crippen molar-refractivity contribution in [2.45, 2.75) is 6.42 Å². The van der Waals surface area contributed by atoms with Crippen molar-refractivity contribution in [1.82, 2.24) is 9.62 Å². The minimum atomic E-state index is -3.42. The third-order valence-electron chi connectivity index (χ3n) is 4.66. The Hall–Kier alpha value is -1.49. The predicted molar refractivity (Wildman–Crippen MR) is 104 cm³/mol. The Balaban J connectivity index is 1.52. The average Bonchev–Trinajstić information content (AvgIpc) is 3.04. The number of nitrogens with zero attached hydrogens (tertiary/aromatic N) is 2. The monoisotopic (exact) mass is 459 g/mol. The molecule has 2 saturated heterocycles. The summed E-state index contributed by atoms with van der Waals surface area (Å²) in [6.07, 6.45) is 0.114. The SMILES string of the molecule is O=C(NCCS(=O)(=O)N1CCOCC1)C1CC(=O)N(c2ccccc2Br)C1. The van der Waals surface area contributed by atoms with Crippen molar-refractivity contribution in [3.63, 3.8) is 0 Å². The number of amides is 2. The van der Waals surface area contributed by atoms with E-state index in [0.717, 1.165) is 10.2 Å². The molecule has 148 valence electrons. The van der Waals surface area contributed by atoms with Gasteiger partial charge in [0.2, 0.25) is 21.8 Å². The van der Waals surface area contributed by atoms with Gasteiger partial charge in [-0.25, -0.2) is 8.42 Å². The summed E-state index contributed by atoms with van der Waals surface area (Å²) in [6, 6.07) is 7.34. The van der Waals surface area contributed by atoms with E-state index in [9.17, 15) is 18.0 Å². The van der Waals surface area contributed by atoms with Crippen LogP contribution in [0.1, 0.15) is 6.42 Å². The zero-order valence-corrected chi connectivity index (χ0v) is 17.2. The molecular formula is C17H22BrN3O5S. The lowest BCUT2D eigenvalue weighted by Crippen LogP contribution is -2.44. The molecule has 1 atom stereocenters. The second kappa shape index (κ2) is 8.68. The van der Waals surface area contributed by atoms with Crippen molar-refractivity contribution in [3.05, 3.63) is 28.7 Å². The number of halogens is 1. The number of carbonyl (C=O) groups is 2. The van der Waals surface area contributed by atoms with Crippen molar-refractivity contribution >= 4 is 43.5 Å². The van der Waals surface area contributed by atoms with E-state index in [1.165, 1.54) is 4.31 Å². The Morgan fingerprint density at radius 2 is 1.96 bits per heavy atom. The van der Waals surface area contributed by atoms with Gasteiger partial charge in [-0.3, -0.25) is 9.59 Å². The van der Waals surface area contributed by atoms with Crippen LogP contribution in [0.5, 0.6) is 0 Å². The van der Waals surface area contributed by atoms with Gasteiger partial charge in [0.1, 0.15) is 0 Å². The maximum absolute atomic E-state index is 12.4. The number of rotatable bonds is 6. The number of ether oxygens (including phenoxy) is 1. The highest BCUT2D eigenvalue weighted by Crippen LogP contribution is 2.31. The van der Waals surface area contributed by atoms with Crippen molar-refractivity contribution in [3.8, 4) is 0 Å². The smallest absolute Gasteiger partial charge is 0.227 e. The van der Waals surface area contributed by atoms with Gasteiger partial charge in [-0.1, -0.05) is 12.1 Å². The van der Waals surface area contributed by atoms with Crippen molar-refractivity contribution in [2.24, 2.45) is 5.92 Å². The second-order valence-corrected chi connectivity index (χ2v) is 9.42. The normalized spacial score (nSPS) is 21.4. The molecule has 2 aliphatic rings. The standard InChI is InChI=1S/C17H22BrN3O5S/c18-14-3-1-2-4-15(14)21-12-13(11-16(21)22)17(23)19-5-10-27(24,25)20-6-8-26-9-7-20/h1-4,13H,5-12H2,(H,19,23). The quantitative estimate of drug-likeness (QED) is 0.670. The molecule has 2 aliphatic heterocycles. The third-order valence-corrected chi connectivity index (χ3v) is 7.20. The van der Waals surface area contributed by atoms with Crippen LogP contribution in [-0.4, -0.2) is 69.7 Å². The first-order chi connectivity index (χ1) is 12.9. The molecule has 0 aromatic heterocycles. The van der Waals surface area contributed by atoms with Crippen LogP contribution in [0.15, 0.2) is 28.7 Å². The van der Waals surface area contributed by atoms with Crippen LogP contribution in [-0.2, 0) is 24.3 Å². The number of hydrogen-bond acceptors (Lipinski definition) is 5. The van der Waals surface area contributed by atoms with Gasteiger partial charge in [0.25, 0.3) is 0 Å². The molecule has 2 heterocycles. The summed E-state index contributed by atoms with van der Waals surface area (Å²) in [4.78, 5) is 26.3. The van der Waals surface area contributed by atoms with E-state index in [-0.39, 0.29) is 37.1 Å². The molecule has 2 fully saturated rings. The van der Waals surface area contributed by atoms with Gasteiger partial charge in [0, 0.05) is 37.1 Å². The molecule has 3 rings (SSSR count). The second-order valence-electron chi connectivity index (χ2n) is 6.48. The zero-order chi connectivity index (χ0) is 19.4. The van der Waals surface area contributed by atoms with E-state index in [2.05, 4.69) is 21.2 Å². The minimum absolute atomic E-state index is 0.0260. The van der Waals surface area contributed by atoms with Crippen LogP contribution in [0, 0.1) is 5.92 Å². The Labute approximate surface area is 167 Å². The summed E-state index contributed by atoms with van der Waals surface area (Å²) < 4.78 is 31.9. The van der Waals surface area contributed by atoms with Crippen molar-refractivity contribution in [1.29, 1.82) is 0 Å². The van der Waals surface area contributed by atoms with Crippen LogP contribution in [0.25, 0.3) is 0 Å². The fraction of sp³-hybridized carbons (Fsp3) is 0.529. The number of anilines is 1. The van der Waals surface area contributed by atoms with Gasteiger partial charge in [-0.05, 0) is 28.1 Å². The molecule has 1 N–H and O–H groups in total. The molecule has 0 saturated carbocycles. The molecular weight excluding hydrogens is 438 g/mol. The summed E-state index contributed by atoms with van der Waals surface area (Å²) in [5.41, 5.74) is 0.729. The maximum Gasteiger partial charge on any atom is 0.227 e. The van der Waals surface area contributed by atoms with Crippen LogP contribution in [0.3, 0.4) is 0 Å².